The van der Waals surface area contributed by atoms with Gasteiger partial charge < -0.3 is 10.2 Å². The summed E-state index contributed by atoms with van der Waals surface area (Å²) in [6, 6.07) is 0.714. The Balaban J connectivity index is 1.74. The summed E-state index contributed by atoms with van der Waals surface area (Å²) >= 11 is 0. The van der Waals surface area contributed by atoms with Crippen LogP contribution in [0.5, 0.6) is 0 Å². The average molecular weight is 278 g/mol. The van der Waals surface area contributed by atoms with Crippen LogP contribution in [0.15, 0.2) is 25.3 Å². The number of carbonyl (C=O) groups is 1. The Kier molecular flexibility index (Phi) is 5.76. The minimum atomic E-state index is 0.170. The number of hydrogen-bond acceptors (Lipinski definition) is 4. The summed E-state index contributed by atoms with van der Waals surface area (Å²) < 4.78 is 0. The van der Waals surface area contributed by atoms with Crippen molar-refractivity contribution in [1.29, 1.82) is 0 Å². The number of rotatable bonds is 7. The van der Waals surface area contributed by atoms with Gasteiger partial charge in [-0.15, -0.1) is 13.2 Å². The van der Waals surface area contributed by atoms with Crippen LogP contribution in [0.3, 0.4) is 0 Å². The van der Waals surface area contributed by atoms with E-state index in [1.807, 2.05) is 0 Å². The van der Waals surface area contributed by atoms with Crippen LogP contribution in [0.2, 0.25) is 0 Å². The van der Waals surface area contributed by atoms with Crippen LogP contribution in [0, 0.1) is 0 Å². The van der Waals surface area contributed by atoms with E-state index in [1.54, 1.807) is 17.1 Å². The third kappa shape index (κ3) is 3.91. The highest BCUT2D eigenvalue weighted by atomic mass is 16.2. The fourth-order valence-corrected chi connectivity index (χ4v) is 2.70. The number of nitrogens with one attached hydrogen (secondary N) is 1. The maximum absolute atomic E-state index is 12.2. The Hall–Kier alpha value is -1.17. The highest BCUT2D eigenvalue weighted by Crippen LogP contribution is 2.09. The van der Waals surface area contributed by atoms with E-state index in [9.17, 15) is 4.79 Å². The van der Waals surface area contributed by atoms with Crippen molar-refractivity contribution in [2.75, 3.05) is 58.9 Å². The maximum Gasteiger partial charge on any atom is 0.237 e. The first kappa shape index (κ1) is 15.2. The average Bonchev–Trinajstić information content (AvgIpc) is 2.38. The Morgan fingerprint density at radius 1 is 1.15 bits per heavy atom. The first-order valence-corrected chi connectivity index (χ1v) is 7.41. The van der Waals surface area contributed by atoms with Gasteiger partial charge in [0.15, 0.2) is 0 Å². The second kappa shape index (κ2) is 7.57. The Labute approximate surface area is 121 Å². The zero-order valence-electron chi connectivity index (χ0n) is 12.3. The molecule has 0 aromatic heterocycles. The monoisotopic (exact) mass is 278 g/mol. The van der Waals surface area contributed by atoms with Gasteiger partial charge in [-0.1, -0.05) is 12.2 Å². The second-order valence-corrected chi connectivity index (χ2v) is 5.50. The Bertz CT molecular complexity index is 336. The van der Waals surface area contributed by atoms with E-state index < -0.39 is 0 Å². The van der Waals surface area contributed by atoms with Crippen LogP contribution in [0.1, 0.15) is 0 Å². The largest absolute Gasteiger partial charge is 0.334 e. The summed E-state index contributed by atoms with van der Waals surface area (Å²) in [6.45, 7) is 15.5. The zero-order valence-corrected chi connectivity index (χ0v) is 12.3. The number of hydrogen-bond donors (Lipinski definition) is 1. The normalized spacial score (nSPS) is 21.2. The van der Waals surface area contributed by atoms with Crippen LogP contribution in [0.4, 0.5) is 0 Å². The lowest BCUT2D eigenvalue weighted by Gasteiger charge is -2.43. The van der Waals surface area contributed by atoms with Crippen molar-refractivity contribution >= 4 is 5.91 Å². The van der Waals surface area contributed by atoms with Crippen molar-refractivity contribution in [1.82, 2.24) is 20.0 Å². The Morgan fingerprint density at radius 3 is 2.20 bits per heavy atom. The van der Waals surface area contributed by atoms with Gasteiger partial charge in [0.2, 0.25) is 5.91 Å². The van der Waals surface area contributed by atoms with Gasteiger partial charge in [0.1, 0.15) is 0 Å². The Morgan fingerprint density at radius 2 is 1.75 bits per heavy atom. The third-order valence-electron chi connectivity index (χ3n) is 4.09. The number of amides is 1. The number of piperazine rings is 1. The summed E-state index contributed by atoms with van der Waals surface area (Å²) in [5, 5.41) is 3.31. The van der Waals surface area contributed by atoms with E-state index in [0.29, 0.717) is 25.7 Å². The van der Waals surface area contributed by atoms with Gasteiger partial charge >= 0.3 is 0 Å². The molecule has 2 aliphatic heterocycles. The number of nitrogens with zero attached hydrogens (tertiary/aromatic N) is 3. The standard InChI is InChI=1S/C15H26N4O/c1-3-5-19(6-4-2)15(20)13-17-7-9-18(10-8-17)14-11-16-12-14/h3-4,14,16H,1-2,5-13H2. The van der Waals surface area contributed by atoms with Crippen LogP contribution in [0.25, 0.3) is 0 Å². The summed E-state index contributed by atoms with van der Waals surface area (Å²) in [4.78, 5) is 18.8. The highest BCUT2D eigenvalue weighted by Gasteiger charge is 2.28. The van der Waals surface area contributed by atoms with Crippen molar-refractivity contribution < 1.29 is 4.79 Å². The third-order valence-corrected chi connectivity index (χ3v) is 4.09. The van der Waals surface area contributed by atoms with Gasteiger partial charge in [0, 0.05) is 58.4 Å². The second-order valence-electron chi connectivity index (χ2n) is 5.50. The van der Waals surface area contributed by atoms with Crippen LogP contribution in [-0.4, -0.2) is 85.6 Å². The van der Waals surface area contributed by atoms with Crippen molar-refractivity contribution in [2.45, 2.75) is 6.04 Å². The summed E-state index contributed by atoms with van der Waals surface area (Å²) in [5.74, 6) is 0.170. The van der Waals surface area contributed by atoms with Gasteiger partial charge in [0.25, 0.3) is 0 Å². The van der Waals surface area contributed by atoms with Crippen LogP contribution >= 0.6 is 0 Å². The molecule has 2 fully saturated rings. The highest BCUT2D eigenvalue weighted by molar-refractivity contribution is 5.78. The van der Waals surface area contributed by atoms with Gasteiger partial charge in [-0.25, -0.2) is 0 Å². The zero-order chi connectivity index (χ0) is 14.4. The molecule has 2 aliphatic rings. The van der Waals surface area contributed by atoms with E-state index in [4.69, 9.17) is 0 Å². The lowest BCUT2D eigenvalue weighted by Crippen LogP contribution is -2.62. The van der Waals surface area contributed by atoms with Crippen molar-refractivity contribution in [3.8, 4) is 0 Å². The molecule has 1 amide bonds. The van der Waals surface area contributed by atoms with Crippen molar-refractivity contribution in [3.05, 3.63) is 25.3 Å². The summed E-state index contributed by atoms with van der Waals surface area (Å²) in [7, 11) is 0. The minimum absolute atomic E-state index is 0.170. The molecular formula is C15H26N4O. The molecule has 5 heteroatoms. The minimum Gasteiger partial charge on any atom is -0.334 e. The van der Waals surface area contributed by atoms with Crippen molar-refractivity contribution in [2.24, 2.45) is 0 Å². The van der Waals surface area contributed by atoms with E-state index >= 15 is 0 Å². The van der Waals surface area contributed by atoms with E-state index in [2.05, 4.69) is 28.3 Å². The SMILES string of the molecule is C=CCN(CC=C)C(=O)CN1CCN(C2CNC2)CC1. The predicted octanol–water partition coefficient (Wildman–Crippen LogP) is -0.224. The molecule has 2 saturated heterocycles. The molecule has 2 heterocycles. The van der Waals surface area contributed by atoms with Crippen LogP contribution < -0.4 is 5.32 Å². The fourth-order valence-electron chi connectivity index (χ4n) is 2.70. The smallest absolute Gasteiger partial charge is 0.237 e. The molecule has 0 bridgehead atoms. The molecule has 0 atom stereocenters. The number of carbonyl (C=O) groups excluding carboxylic acids is 1. The van der Waals surface area contributed by atoms with Gasteiger partial charge in [-0.05, 0) is 0 Å². The molecule has 0 saturated carbocycles. The van der Waals surface area contributed by atoms with E-state index in [1.165, 1.54) is 0 Å². The molecule has 0 radical (unpaired) electrons. The molecule has 0 spiro atoms. The maximum atomic E-state index is 12.2. The molecule has 1 N–H and O–H groups in total. The van der Waals surface area contributed by atoms with Gasteiger partial charge in [-0.3, -0.25) is 14.6 Å². The van der Waals surface area contributed by atoms with Gasteiger partial charge in [0.05, 0.1) is 6.54 Å². The van der Waals surface area contributed by atoms with Gasteiger partial charge in [-0.2, -0.15) is 0 Å². The molecular weight excluding hydrogens is 252 g/mol. The van der Waals surface area contributed by atoms with Crippen molar-refractivity contribution in [3.63, 3.8) is 0 Å². The summed E-state index contributed by atoms with van der Waals surface area (Å²) in [6.07, 6.45) is 3.53. The van der Waals surface area contributed by atoms with E-state index in [-0.39, 0.29) is 5.91 Å². The quantitative estimate of drug-likeness (QED) is 0.653. The predicted molar refractivity (Wildman–Crippen MR) is 81.6 cm³/mol. The molecule has 0 aromatic rings. The molecule has 0 aliphatic carbocycles. The molecule has 0 aromatic carbocycles. The fraction of sp³-hybridized carbons (Fsp3) is 0.667. The first-order chi connectivity index (χ1) is 9.74. The lowest BCUT2D eigenvalue weighted by atomic mass is 10.1. The topological polar surface area (TPSA) is 38.8 Å². The molecule has 20 heavy (non-hydrogen) atoms. The van der Waals surface area contributed by atoms with E-state index in [0.717, 1.165) is 39.3 Å². The molecule has 5 nitrogen and oxygen atoms in total. The lowest BCUT2D eigenvalue weighted by molar-refractivity contribution is -0.132. The molecule has 2 rings (SSSR count). The summed E-state index contributed by atoms with van der Waals surface area (Å²) in [5.41, 5.74) is 0. The molecule has 112 valence electrons. The first-order valence-electron chi connectivity index (χ1n) is 7.41. The van der Waals surface area contributed by atoms with Crippen LogP contribution in [-0.2, 0) is 4.79 Å². The molecule has 0 unspecified atom stereocenters.